The third-order valence-corrected chi connectivity index (χ3v) is 6.35. The van der Waals surface area contributed by atoms with Crippen molar-refractivity contribution in [3.05, 3.63) is 29.8 Å². The molecule has 1 aromatic rings. The molecular formula is C14H21NO2S2. The Balaban J connectivity index is 1.95. The third kappa shape index (κ3) is 4.82. The largest absolute Gasteiger partial charge is 0.310 e. The van der Waals surface area contributed by atoms with Crippen molar-refractivity contribution in [2.24, 2.45) is 0 Å². The van der Waals surface area contributed by atoms with Crippen LogP contribution >= 0.6 is 11.8 Å². The summed E-state index contributed by atoms with van der Waals surface area (Å²) < 4.78 is 22.9. The molecule has 3 nitrogen and oxygen atoms in total. The molecule has 1 heterocycles. The number of hydrogen-bond donors (Lipinski definition) is 1. The maximum atomic E-state index is 11.5. The Morgan fingerprint density at radius 3 is 2.84 bits per heavy atom. The van der Waals surface area contributed by atoms with Gasteiger partial charge in [-0.05, 0) is 24.1 Å². The van der Waals surface area contributed by atoms with Crippen LogP contribution in [0.25, 0.3) is 0 Å². The predicted octanol–water partition coefficient (Wildman–Crippen LogP) is 2.46. The van der Waals surface area contributed by atoms with E-state index >= 15 is 0 Å². The van der Waals surface area contributed by atoms with Gasteiger partial charge in [-0.15, -0.1) is 11.8 Å². The highest BCUT2D eigenvalue weighted by Crippen LogP contribution is 2.31. The van der Waals surface area contributed by atoms with Crippen molar-refractivity contribution >= 4 is 21.6 Å². The first-order valence-corrected chi connectivity index (χ1v) is 9.34. The second-order valence-corrected chi connectivity index (χ2v) is 8.93. The molecule has 1 atom stereocenters. The van der Waals surface area contributed by atoms with Crippen LogP contribution in [0, 0.1) is 0 Å². The molecule has 5 heteroatoms. The quantitative estimate of drug-likeness (QED) is 0.907. The smallest absolute Gasteiger partial charge is 0.151 e. The van der Waals surface area contributed by atoms with Gasteiger partial charge in [0.05, 0.1) is 11.5 Å². The van der Waals surface area contributed by atoms with Crippen molar-refractivity contribution in [2.45, 2.75) is 43.0 Å². The Morgan fingerprint density at radius 1 is 1.42 bits per heavy atom. The molecule has 1 fully saturated rings. The summed E-state index contributed by atoms with van der Waals surface area (Å²) in [5.41, 5.74) is 1.25. The SMILES string of the molecule is CC(C)NCc1cccc(SC2CCS(=O)(=O)C2)c1. The summed E-state index contributed by atoms with van der Waals surface area (Å²) in [6.07, 6.45) is 0.779. The fourth-order valence-electron chi connectivity index (χ4n) is 2.10. The Kier molecular flexibility index (Phi) is 4.92. The van der Waals surface area contributed by atoms with E-state index in [1.54, 1.807) is 11.8 Å². The van der Waals surface area contributed by atoms with E-state index in [4.69, 9.17) is 0 Å². The highest BCUT2D eigenvalue weighted by Gasteiger charge is 2.28. The van der Waals surface area contributed by atoms with Gasteiger partial charge in [-0.2, -0.15) is 0 Å². The molecule has 0 radical (unpaired) electrons. The van der Waals surface area contributed by atoms with Crippen LogP contribution in [0.15, 0.2) is 29.2 Å². The normalized spacial score (nSPS) is 21.9. The molecule has 1 aliphatic heterocycles. The minimum atomic E-state index is -2.78. The van der Waals surface area contributed by atoms with Crippen molar-refractivity contribution in [3.63, 3.8) is 0 Å². The van der Waals surface area contributed by atoms with E-state index in [-0.39, 0.29) is 5.25 Å². The summed E-state index contributed by atoms with van der Waals surface area (Å²) >= 11 is 1.69. The summed E-state index contributed by atoms with van der Waals surface area (Å²) in [5.74, 6) is 0.672. The lowest BCUT2D eigenvalue weighted by Gasteiger charge is -2.11. The number of benzene rings is 1. The third-order valence-electron chi connectivity index (χ3n) is 3.11. The van der Waals surface area contributed by atoms with Crippen molar-refractivity contribution in [3.8, 4) is 0 Å². The second kappa shape index (κ2) is 6.29. The predicted molar refractivity (Wildman–Crippen MR) is 81.3 cm³/mol. The fourth-order valence-corrected chi connectivity index (χ4v) is 5.68. The van der Waals surface area contributed by atoms with E-state index in [9.17, 15) is 8.42 Å². The summed E-state index contributed by atoms with van der Waals surface area (Å²) in [6.45, 7) is 5.11. The van der Waals surface area contributed by atoms with Gasteiger partial charge in [-0.1, -0.05) is 26.0 Å². The van der Waals surface area contributed by atoms with Gasteiger partial charge in [0, 0.05) is 22.7 Å². The van der Waals surface area contributed by atoms with Gasteiger partial charge in [0.15, 0.2) is 9.84 Å². The van der Waals surface area contributed by atoms with E-state index in [1.165, 1.54) is 10.5 Å². The van der Waals surface area contributed by atoms with Crippen molar-refractivity contribution in [1.29, 1.82) is 0 Å². The van der Waals surface area contributed by atoms with E-state index < -0.39 is 9.84 Å². The molecule has 2 rings (SSSR count). The number of rotatable bonds is 5. The number of sulfone groups is 1. The molecule has 1 unspecified atom stereocenters. The summed E-state index contributed by atoms with van der Waals surface area (Å²) in [6, 6.07) is 8.84. The van der Waals surface area contributed by atoms with Crippen molar-refractivity contribution < 1.29 is 8.42 Å². The number of nitrogens with one attached hydrogen (secondary N) is 1. The highest BCUT2D eigenvalue weighted by atomic mass is 32.2. The first kappa shape index (κ1) is 14.9. The van der Waals surface area contributed by atoms with E-state index in [0.717, 1.165) is 13.0 Å². The zero-order chi connectivity index (χ0) is 13.9. The monoisotopic (exact) mass is 299 g/mol. The lowest BCUT2D eigenvalue weighted by molar-refractivity contribution is 0.588. The van der Waals surface area contributed by atoms with Crippen molar-refractivity contribution in [1.82, 2.24) is 5.32 Å². The first-order valence-electron chi connectivity index (χ1n) is 6.64. The Hall–Kier alpha value is -0.520. The van der Waals surface area contributed by atoms with Crippen LogP contribution in [0.2, 0.25) is 0 Å². The molecule has 0 bridgehead atoms. The van der Waals surface area contributed by atoms with Crippen LogP contribution < -0.4 is 5.32 Å². The molecular weight excluding hydrogens is 278 g/mol. The van der Waals surface area contributed by atoms with Crippen LogP contribution in [0.3, 0.4) is 0 Å². The summed E-state index contributed by atoms with van der Waals surface area (Å²) in [7, 11) is -2.78. The van der Waals surface area contributed by atoms with E-state index in [2.05, 4.69) is 37.4 Å². The van der Waals surface area contributed by atoms with Gasteiger partial charge in [0.1, 0.15) is 0 Å². The number of hydrogen-bond acceptors (Lipinski definition) is 4. The molecule has 106 valence electrons. The average molecular weight is 299 g/mol. The van der Waals surface area contributed by atoms with Crippen molar-refractivity contribution in [2.75, 3.05) is 11.5 Å². The minimum absolute atomic E-state index is 0.221. The Morgan fingerprint density at radius 2 is 2.21 bits per heavy atom. The topological polar surface area (TPSA) is 46.2 Å². The van der Waals surface area contributed by atoms with E-state index in [0.29, 0.717) is 17.5 Å². The van der Waals surface area contributed by atoms with Gasteiger partial charge in [-0.25, -0.2) is 8.42 Å². The van der Waals surface area contributed by atoms with Gasteiger partial charge in [-0.3, -0.25) is 0 Å². The lowest BCUT2D eigenvalue weighted by Crippen LogP contribution is -2.21. The van der Waals surface area contributed by atoms with Gasteiger partial charge >= 0.3 is 0 Å². The molecule has 1 saturated heterocycles. The molecule has 0 spiro atoms. The maximum absolute atomic E-state index is 11.5. The Bertz CT molecular complexity index is 526. The highest BCUT2D eigenvalue weighted by molar-refractivity contribution is 8.01. The molecule has 0 aromatic heterocycles. The maximum Gasteiger partial charge on any atom is 0.151 e. The molecule has 0 aliphatic carbocycles. The van der Waals surface area contributed by atoms with Gasteiger partial charge < -0.3 is 5.32 Å². The van der Waals surface area contributed by atoms with Gasteiger partial charge in [0.25, 0.3) is 0 Å². The van der Waals surface area contributed by atoms with Crippen LogP contribution in [0.5, 0.6) is 0 Å². The summed E-state index contributed by atoms with van der Waals surface area (Å²) in [4.78, 5) is 1.17. The van der Waals surface area contributed by atoms with Crippen LogP contribution in [0.4, 0.5) is 0 Å². The minimum Gasteiger partial charge on any atom is -0.310 e. The molecule has 0 saturated carbocycles. The van der Waals surface area contributed by atoms with Crippen LogP contribution in [-0.2, 0) is 16.4 Å². The average Bonchev–Trinajstić information content (AvgIpc) is 2.66. The number of thioether (sulfide) groups is 1. The second-order valence-electron chi connectivity index (χ2n) is 5.33. The molecule has 1 aromatic carbocycles. The first-order chi connectivity index (χ1) is 8.94. The standard InChI is InChI=1S/C14H21NO2S2/c1-11(2)15-9-12-4-3-5-13(8-12)18-14-6-7-19(16,17)10-14/h3-5,8,11,14-15H,6-7,9-10H2,1-2H3. The Labute approximate surface area is 120 Å². The molecule has 1 N–H and O–H groups in total. The lowest BCUT2D eigenvalue weighted by atomic mass is 10.2. The van der Waals surface area contributed by atoms with Crippen LogP contribution in [-0.4, -0.2) is 31.2 Å². The molecule has 0 amide bonds. The van der Waals surface area contributed by atoms with Crippen LogP contribution in [0.1, 0.15) is 25.8 Å². The molecule has 1 aliphatic rings. The molecule has 19 heavy (non-hydrogen) atoms. The zero-order valence-corrected chi connectivity index (χ0v) is 13.1. The van der Waals surface area contributed by atoms with E-state index in [1.807, 2.05) is 6.07 Å². The fraction of sp³-hybridized carbons (Fsp3) is 0.571. The zero-order valence-electron chi connectivity index (χ0n) is 11.4. The van der Waals surface area contributed by atoms with Gasteiger partial charge in [0.2, 0.25) is 0 Å². The summed E-state index contributed by atoms with van der Waals surface area (Å²) in [5, 5.41) is 3.61.